The van der Waals surface area contributed by atoms with Crippen LogP contribution in [-0.2, 0) is 4.79 Å². The van der Waals surface area contributed by atoms with Crippen molar-refractivity contribution in [2.24, 2.45) is 11.8 Å². The summed E-state index contributed by atoms with van der Waals surface area (Å²) in [5, 5.41) is 6.71. The number of rotatable bonds is 5. The molecule has 0 bridgehead atoms. The van der Waals surface area contributed by atoms with Crippen LogP contribution < -0.4 is 10.6 Å². The Balaban J connectivity index is 1.77. The molecule has 16 heavy (non-hydrogen) atoms. The first kappa shape index (κ1) is 11.9. The van der Waals surface area contributed by atoms with Crippen LogP contribution in [0.25, 0.3) is 0 Å². The molecule has 92 valence electrons. The van der Waals surface area contributed by atoms with Crippen molar-refractivity contribution < 1.29 is 4.79 Å². The molecule has 1 heterocycles. The third-order valence-corrected chi connectivity index (χ3v) is 4.44. The molecule has 1 aliphatic carbocycles. The van der Waals surface area contributed by atoms with Crippen molar-refractivity contribution in [2.75, 3.05) is 13.1 Å². The molecule has 0 aromatic carbocycles. The molecular formula is C13H24N2O. The fourth-order valence-electron chi connectivity index (χ4n) is 3.12. The van der Waals surface area contributed by atoms with Gasteiger partial charge >= 0.3 is 0 Å². The summed E-state index contributed by atoms with van der Waals surface area (Å²) in [4.78, 5) is 11.8. The van der Waals surface area contributed by atoms with E-state index in [-0.39, 0.29) is 17.4 Å². The van der Waals surface area contributed by atoms with E-state index < -0.39 is 0 Å². The van der Waals surface area contributed by atoms with Crippen LogP contribution in [-0.4, -0.2) is 24.5 Å². The quantitative estimate of drug-likeness (QED) is 0.746. The van der Waals surface area contributed by atoms with Gasteiger partial charge in [0.1, 0.15) is 0 Å². The van der Waals surface area contributed by atoms with Crippen molar-refractivity contribution in [1.29, 1.82) is 0 Å². The summed E-state index contributed by atoms with van der Waals surface area (Å²) in [5.41, 5.74) is 0.265. The molecular weight excluding hydrogens is 200 g/mol. The monoisotopic (exact) mass is 224 g/mol. The maximum Gasteiger partial charge on any atom is 0.222 e. The molecule has 2 N–H and O–H groups in total. The molecule has 1 amide bonds. The van der Waals surface area contributed by atoms with E-state index >= 15 is 0 Å². The Kier molecular flexibility index (Phi) is 3.53. The van der Waals surface area contributed by atoms with Crippen molar-refractivity contribution >= 4 is 5.91 Å². The lowest BCUT2D eigenvalue weighted by molar-refractivity contribution is -0.125. The molecule has 0 spiro atoms. The largest absolute Gasteiger partial charge is 0.354 e. The predicted molar refractivity (Wildman–Crippen MR) is 65.2 cm³/mol. The van der Waals surface area contributed by atoms with Crippen LogP contribution in [0.1, 0.15) is 46.0 Å². The highest BCUT2D eigenvalue weighted by atomic mass is 16.1. The average Bonchev–Trinajstić information content (AvgIpc) is 2.52. The van der Waals surface area contributed by atoms with Crippen molar-refractivity contribution in [3.8, 4) is 0 Å². The lowest BCUT2D eigenvalue weighted by Crippen LogP contribution is -2.59. The van der Waals surface area contributed by atoms with Crippen LogP contribution in [0.5, 0.6) is 0 Å². The number of fused-ring (bicyclic) bond motifs is 1. The number of carbonyl (C=O) groups excluding carboxylic acids is 1. The maximum atomic E-state index is 11.8. The van der Waals surface area contributed by atoms with Crippen molar-refractivity contribution in [3.63, 3.8) is 0 Å². The van der Waals surface area contributed by atoms with Gasteiger partial charge in [0.15, 0.2) is 0 Å². The third-order valence-electron chi connectivity index (χ3n) is 4.44. The van der Waals surface area contributed by atoms with Gasteiger partial charge in [0, 0.05) is 18.0 Å². The number of carbonyl (C=O) groups is 1. The van der Waals surface area contributed by atoms with Gasteiger partial charge in [-0.25, -0.2) is 0 Å². The van der Waals surface area contributed by atoms with Crippen molar-refractivity contribution in [2.45, 2.75) is 51.5 Å². The summed E-state index contributed by atoms with van der Waals surface area (Å²) in [6, 6.07) is 0. The molecule has 0 aromatic rings. The predicted octanol–water partition coefficient (Wildman–Crippen LogP) is 1.68. The minimum absolute atomic E-state index is 0.168. The van der Waals surface area contributed by atoms with Gasteiger partial charge in [-0.15, -0.1) is 0 Å². The number of hydrogen-bond acceptors (Lipinski definition) is 2. The summed E-state index contributed by atoms with van der Waals surface area (Å²) in [6.45, 7) is 6.12. The molecule has 1 saturated heterocycles. The van der Waals surface area contributed by atoms with E-state index in [1.165, 1.54) is 19.3 Å². The van der Waals surface area contributed by atoms with E-state index in [4.69, 9.17) is 0 Å². The van der Waals surface area contributed by atoms with Crippen LogP contribution >= 0.6 is 0 Å². The van der Waals surface area contributed by atoms with E-state index in [0.717, 1.165) is 31.8 Å². The Morgan fingerprint density at radius 2 is 2.38 bits per heavy atom. The molecule has 2 aliphatic rings. The summed E-state index contributed by atoms with van der Waals surface area (Å²) in [5.74, 6) is 1.21. The lowest BCUT2D eigenvalue weighted by Gasteiger charge is -2.45. The zero-order valence-corrected chi connectivity index (χ0v) is 10.5. The standard InChI is InChI=1S/C13H24N2O/c1-3-4-10(2)12(16)14-9-13-7-5-11(13)6-8-15-13/h10-11,15H,3-9H2,1-2H3,(H,14,16). The van der Waals surface area contributed by atoms with Crippen LogP contribution in [0.3, 0.4) is 0 Å². The molecule has 0 radical (unpaired) electrons. The normalized spacial score (nSPS) is 34.0. The lowest BCUT2D eigenvalue weighted by atomic mass is 9.68. The average molecular weight is 224 g/mol. The first-order valence-corrected chi connectivity index (χ1v) is 6.70. The Morgan fingerprint density at radius 1 is 1.56 bits per heavy atom. The Morgan fingerprint density at radius 3 is 2.94 bits per heavy atom. The summed E-state index contributed by atoms with van der Waals surface area (Å²) in [6.07, 6.45) is 5.95. The topological polar surface area (TPSA) is 41.1 Å². The summed E-state index contributed by atoms with van der Waals surface area (Å²) in [7, 11) is 0. The fraction of sp³-hybridized carbons (Fsp3) is 0.923. The van der Waals surface area contributed by atoms with Gasteiger partial charge in [-0.3, -0.25) is 4.79 Å². The molecule has 1 aliphatic heterocycles. The Bertz CT molecular complexity index is 267. The number of nitrogens with one attached hydrogen (secondary N) is 2. The van der Waals surface area contributed by atoms with Gasteiger partial charge in [0.2, 0.25) is 5.91 Å². The van der Waals surface area contributed by atoms with Gasteiger partial charge in [-0.05, 0) is 38.1 Å². The molecule has 3 heteroatoms. The molecule has 0 aromatic heterocycles. The van der Waals surface area contributed by atoms with Crippen LogP contribution in [0.15, 0.2) is 0 Å². The fourth-order valence-corrected chi connectivity index (χ4v) is 3.12. The minimum Gasteiger partial charge on any atom is -0.354 e. The van der Waals surface area contributed by atoms with Gasteiger partial charge in [0.05, 0.1) is 0 Å². The number of amides is 1. The van der Waals surface area contributed by atoms with Crippen LogP contribution in [0.4, 0.5) is 0 Å². The minimum atomic E-state index is 0.168. The van der Waals surface area contributed by atoms with Gasteiger partial charge in [-0.2, -0.15) is 0 Å². The van der Waals surface area contributed by atoms with Gasteiger partial charge in [-0.1, -0.05) is 20.3 Å². The SMILES string of the molecule is CCCC(C)C(=O)NCC12CCC1CCN2. The second kappa shape index (κ2) is 4.74. The maximum absolute atomic E-state index is 11.8. The third kappa shape index (κ3) is 2.10. The zero-order chi connectivity index (χ0) is 11.6. The molecule has 2 fully saturated rings. The molecule has 2 rings (SSSR count). The first-order chi connectivity index (χ1) is 7.68. The number of hydrogen-bond donors (Lipinski definition) is 2. The summed E-state index contributed by atoms with van der Waals surface area (Å²) >= 11 is 0. The second-order valence-electron chi connectivity index (χ2n) is 5.51. The molecule has 3 unspecified atom stereocenters. The molecule has 3 nitrogen and oxygen atoms in total. The van der Waals surface area contributed by atoms with Gasteiger partial charge < -0.3 is 10.6 Å². The highest BCUT2D eigenvalue weighted by Crippen LogP contribution is 2.43. The summed E-state index contributed by atoms with van der Waals surface area (Å²) < 4.78 is 0. The van der Waals surface area contributed by atoms with Crippen LogP contribution in [0.2, 0.25) is 0 Å². The van der Waals surface area contributed by atoms with E-state index in [2.05, 4.69) is 17.6 Å². The van der Waals surface area contributed by atoms with E-state index in [0.29, 0.717) is 0 Å². The van der Waals surface area contributed by atoms with Crippen LogP contribution in [0, 0.1) is 11.8 Å². The van der Waals surface area contributed by atoms with Crippen molar-refractivity contribution in [1.82, 2.24) is 10.6 Å². The molecule has 1 saturated carbocycles. The smallest absolute Gasteiger partial charge is 0.222 e. The highest BCUT2D eigenvalue weighted by Gasteiger charge is 2.49. The molecule has 3 atom stereocenters. The zero-order valence-electron chi connectivity index (χ0n) is 10.5. The van der Waals surface area contributed by atoms with E-state index in [1.54, 1.807) is 0 Å². The van der Waals surface area contributed by atoms with Gasteiger partial charge in [0.25, 0.3) is 0 Å². The second-order valence-corrected chi connectivity index (χ2v) is 5.51. The Labute approximate surface area is 98.4 Å². The highest BCUT2D eigenvalue weighted by molar-refractivity contribution is 5.78. The van der Waals surface area contributed by atoms with Crippen molar-refractivity contribution in [3.05, 3.63) is 0 Å². The first-order valence-electron chi connectivity index (χ1n) is 6.70. The van der Waals surface area contributed by atoms with E-state index in [9.17, 15) is 4.79 Å². The Hall–Kier alpha value is -0.570. The van der Waals surface area contributed by atoms with E-state index in [1.807, 2.05) is 6.92 Å².